The Morgan fingerprint density at radius 2 is 1.60 bits per heavy atom. The molecule has 2 aromatic carbocycles. The minimum absolute atomic E-state index is 0.0490. The van der Waals surface area contributed by atoms with E-state index in [0.29, 0.717) is 31.2 Å². The van der Waals surface area contributed by atoms with Crippen molar-refractivity contribution in [2.24, 2.45) is 5.92 Å². The summed E-state index contributed by atoms with van der Waals surface area (Å²) in [6, 6.07) is 9.04. The highest BCUT2D eigenvalue weighted by atomic mass is 32.2. The third-order valence-corrected chi connectivity index (χ3v) is 6.62. The van der Waals surface area contributed by atoms with Crippen molar-refractivity contribution in [3.05, 3.63) is 54.1 Å². The molecule has 25 heavy (non-hydrogen) atoms. The highest BCUT2D eigenvalue weighted by Gasteiger charge is 2.25. The van der Waals surface area contributed by atoms with Crippen LogP contribution in [-0.4, -0.2) is 25.4 Å². The molecule has 1 saturated carbocycles. The standard InChI is InChI=1S/C19H20F2O3S/c20-15-5-10-19(21)18(11-15)14-3-8-17(9-4-14)25(23,24)12-13-1-6-16(22)7-2-13/h3-5,8-11,13,16,22H,1-2,6-7,12H2. The molecule has 0 unspecified atom stereocenters. The number of hydrogen-bond donors (Lipinski definition) is 1. The molecule has 1 aliphatic carbocycles. The zero-order valence-corrected chi connectivity index (χ0v) is 14.5. The van der Waals surface area contributed by atoms with Crippen molar-refractivity contribution in [1.82, 2.24) is 0 Å². The highest BCUT2D eigenvalue weighted by Crippen LogP contribution is 2.29. The van der Waals surface area contributed by atoms with Gasteiger partial charge >= 0.3 is 0 Å². The van der Waals surface area contributed by atoms with Crippen LogP contribution in [0.2, 0.25) is 0 Å². The molecule has 6 heteroatoms. The van der Waals surface area contributed by atoms with Crippen molar-refractivity contribution in [2.45, 2.75) is 36.7 Å². The van der Waals surface area contributed by atoms with Gasteiger partial charge in [-0.3, -0.25) is 0 Å². The number of aliphatic hydroxyl groups excluding tert-OH is 1. The summed E-state index contributed by atoms with van der Waals surface area (Å²) in [4.78, 5) is 0.180. The molecule has 0 atom stereocenters. The first-order valence-corrected chi connectivity index (χ1v) is 9.97. The summed E-state index contributed by atoms with van der Waals surface area (Å²) >= 11 is 0. The van der Waals surface area contributed by atoms with Crippen LogP contribution in [0.25, 0.3) is 11.1 Å². The minimum Gasteiger partial charge on any atom is -0.393 e. The van der Waals surface area contributed by atoms with E-state index in [4.69, 9.17) is 0 Å². The predicted molar refractivity (Wildman–Crippen MR) is 91.8 cm³/mol. The summed E-state index contributed by atoms with van der Waals surface area (Å²) in [7, 11) is -3.44. The summed E-state index contributed by atoms with van der Waals surface area (Å²) < 4.78 is 52.2. The van der Waals surface area contributed by atoms with E-state index < -0.39 is 21.5 Å². The smallest absolute Gasteiger partial charge is 0.178 e. The van der Waals surface area contributed by atoms with Gasteiger partial charge in [0.2, 0.25) is 0 Å². The highest BCUT2D eigenvalue weighted by molar-refractivity contribution is 7.91. The molecule has 0 saturated heterocycles. The summed E-state index contributed by atoms with van der Waals surface area (Å²) in [5, 5.41) is 9.52. The molecule has 0 radical (unpaired) electrons. The fraction of sp³-hybridized carbons (Fsp3) is 0.368. The van der Waals surface area contributed by atoms with Crippen LogP contribution >= 0.6 is 0 Å². The van der Waals surface area contributed by atoms with Gasteiger partial charge in [0.1, 0.15) is 11.6 Å². The lowest BCUT2D eigenvalue weighted by atomic mass is 9.89. The maximum absolute atomic E-state index is 13.8. The zero-order valence-electron chi connectivity index (χ0n) is 13.7. The Kier molecular flexibility index (Phi) is 5.20. The van der Waals surface area contributed by atoms with Crippen molar-refractivity contribution < 1.29 is 22.3 Å². The second-order valence-electron chi connectivity index (χ2n) is 6.60. The molecule has 0 amide bonds. The molecule has 1 aliphatic rings. The van der Waals surface area contributed by atoms with Gasteiger partial charge in [-0.15, -0.1) is 0 Å². The summed E-state index contributed by atoms with van der Waals surface area (Å²) in [5.74, 6) is -1.01. The van der Waals surface area contributed by atoms with E-state index in [9.17, 15) is 22.3 Å². The Morgan fingerprint density at radius 3 is 2.24 bits per heavy atom. The van der Waals surface area contributed by atoms with E-state index in [1.165, 1.54) is 24.3 Å². The number of halogens is 2. The van der Waals surface area contributed by atoms with Crippen LogP contribution in [-0.2, 0) is 9.84 Å². The van der Waals surface area contributed by atoms with Crippen molar-refractivity contribution in [1.29, 1.82) is 0 Å². The molecule has 0 bridgehead atoms. The van der Waals surface area contributed by atoms with E-state index in [0.717, 1.165) is 18.2 Å². The van der Waals surface area contributed by atoms with E-state index in [2.05, 4.69) is 0 Å². The summed E-state index contributed by atoms with van der Waals surface area (Å²) in [6.07, 6.45) is 2.36. The molecule has 2 aromatic rings. The maximum Gasteiger partial charge on any atom is 0.178 e. The van der Waals surface area contributed by atoms with Gasteiger partial charge in [0.25, 0.3) is 0 Å². The molecule has 1 fully saturated rings. The SMILES string of the molecule is O=S(=O)(CC1CCC(O)CC1)c1ccc(-c2cc(F)ccc2F)cc1. The Morgan fingerprint density at radius 1 is 0.960 bits per heavy atom. The first-order valence-electron chi connectivity index (χ1n) is 8.31. The molecule has 0 aliphatic heterocycles. The fourth-order valence-electron chi connectivity index (χ4n) is 3.28. The van der Waals surface area contributed by atoms with Gasteiger partial charge in [0.15, 0.2) is 9.84 Å². The number of rotatable bonds is 4. The van der Waals surface area contributed by atoms with E-state index in [1.807, 2.05) is 0 Å². The largest absolute Gasteiger partial charge is 0.393 e. The molecule has 0 aromatic heterocycles. The van der Waals surface area contributed by atoms with E-state index in [1.54, 1.807) is 0 Å². The lowest BCUT2D eigenvalue weighted by Crippen LogP contribution is -2.24. The van der Waals surface area contributed by atoms with Crippen molar-refractivity contribution in [3.8, 4) is 11.1 Å². The van der Waals surface area contributed by atoms with Gasteiger partial charge in [-0.2, -0.15) is 0 Å². The molecular weight excluding hydrogens is 346 g/mol. The summed E-state index contributed by atoms with van der Waals surface area (Å²) in [5.41, 5.74) is 0.530. The monoisotopic (exact) mass is 366 g/mol. The van der Waals surface area contributed by atoms with Crippen molar-refractivity contribution in [3.63, 3.8) is 0 Å². The molecule has 3 rings (SSSR count). The van der Waals surface area contributed by atoms with E-state index in [-0.39, 0.29) is 28.2 Å². The molecule has 0 spiro atoms. The van der Waals surface area contributed by atoms with Gasteiger partial charge < -0.3 is 5.11 Å². The Balaban J connectivity index is 1.78. The van der Waals surface area contributed by atoms with Gasteiger partial charge in [-0.25, -0.2) is 17.2 Å². The maximum atomic E-state index is 13.8. The third-order valence-electron chi connectivity index (χ3n) is 4.72. The van der Waals surface area contributed by atoms with Crippen LogP contribution in [0.15, 0.2) is 47.4 Å². The number of aliphatic hydroxyl groups is 1. The van der Waals surface area contributed by atoms with Crippen LogP contribution in [0.5, 0.6) is 0 Å². The van der Waals surface area contributed by atoms with Gasteiger partial charge in [-0.1, -0.05) is 12.1 Å². The topological polar surface area (TPSA) is 54.4 Å². The molecule has 3 nitrogen and oxygen atoms in total. The van der Waals surface area contributed by atoms with Gasteiger partial charge in [-0.05, 0) is 67.5 Å². The molecule has 1 N–H and O–H groups in total. The average Bonchev–Trinajstić information content (AvgIpc) is 2.59. The number of benzene rings is 2. The van der Waals surface area contributed by atoms with Gasteiger partial charge in [0, 0.05) is 5.56 Å². The Labute approximate surface area is 146 Å². The van der Waals surface area contributed by atoms with Crippen molar-refractivity contribution >= 4 is 9.84 Å². The first kappa shape index (κ1) is 18.0. The van der Waals surface area contributed by atoms with Crippen LogP contribution in [0.1, 0.15) is 25.7 Å². The second-order valence-corrected chi connectivity index (χ2v) is 8.64. The minimum atomic E-state index is -3.44. The lowest BCUT2D eigenvalue weighted by Gasteiger charge is -2.25. The normalized spacial score (nSPS) is 21.2. The van der Waals surface area contributed by atoms with Gasteiger partial charge in [0.05, 0.1) is 16.8 Å². The molecule has 134 valence electrons. The number of hydrogen-bond acceptors (Lipinski definition) is 3. The molecule has 0 heterocycles. The van der Waals surface area contributed by atoms with Crippen LogP contribution in [0.3, 0.4) is 0 Å². The Bertz CT molecular complexity index is 839. The third kappa shape index (κ3) is 4.25. The van der Waals surface area contributed by atoms with E-state index >= 15 is 0 Å². The van der Waals surface area contributed by atoms with Crippen molar-refractivity contribution in [2.75, 3.05) is 5.75 Å². The average molecular weight is 366 g/mol. The Hall–Kier alpha value is -1.79. The van der Waals surface area contributed by atoms with Crippen LogP contribution < -0.4 is 0 Å². The quantitative estimate of drug-likeness (QED) is 0.891. The first-order chi connectivity index (χ1) is 11.8. The lowest BCUT2D eigenvalue weighted by molar-refractivity contribution is 0.113. The summed E-state index contributed by atoms with van der Waals surface area (Å²) in [6.45, 7) is 0. The fourth-order valence-corrected chi connectivity index (χ4v) is 4.98. The second kappa shape index (κ2) is 7.22. The molecular formula is C19H20F2O3S. The van der Waals surface area contributed by atoms with Crippen LogP contribution in [0, 0.1) is 17.6 Å². The zero-order chi connectivity index (χ0) is 18.0. The number of sulfone groups is 1. The van der Waals surface area contributed by atoms with Crippen LogP contribution in [0.4, 0.5) is 8.78 Å². The predicted octanol–water partition coefficient (Wildman–Crippen LogP) is 3.96.